The SMILES string of the molecule is COc1ccc([C@H](CNC(=O)COc2ccccc2OC)N(C)C)cc1OC. The quantitative estimate of drug-likeness (QED) is 0.675. The van der Waals surface area contributed by atoms with Crippen LogP contribution in [-0.2, 0) is 4.79 Å². The van der Waals surface area contributed by atoms with Crippen LogP contribution in [0, 0.1) is 0 Å². The summed E-state index contributed by atoms with van der Waals surface area (Å²) >= 11 is 0. The summed E-state index contributed by atoms with van der Waals surface area (Å²) in [5.41, 5.74) is 1.01. The van der Waals surface area contributed by atoms with Crippen molar-refractivity contribution in [2.24, 2.45) is 0 Å². The second-order valence-electron chi connectivity index (χ2n) is 6.34. The molecule has 0 heterocycles. The van der Waals surface area contributed by atoms with E-state index < -0.39 is 0 Å². The third-order valence-electron chi connectivity index (χ3n) is 4.34. The highest BCUT2D eigenvalue weighted by molar-refractivity contribution is 5.77. The van der Waals surface area contributed by atoms with Gasteiger partial charge in [-0.2, -0.15) is 0 Å². The number of rotatable bonds is 10. The molecule has 2 aromatic carbocycles. The van der Waals surface area contributed by atoms with Crippen LogP contribution in [0.25, 0.3) is 0 Å². The van der Waals surface area contributed by atoms with E-state index in [-0.39, 0.29) is 18.6 Å². The summed E-state index contributed by atoms with van der Waals surface area (Å²) < 4.78 is 21.5. The molecule has 2 rings (SSSR count). The third kappa shape index (κ3) is 5.53. The van der Waals surface area contributed by atoms with Crippen molar-refractivity contribution < 1.29 is 23.7 Å². The monoisotopic (exact) mass is 388 g/mol. The molecule has 0 unspecified atom stereocenters. The molecule has 0 aliphatic rings. The zero-order valence-corrected chi connectivity index (χ0v) is 17.0. The van der Waals surface area contributed by atoms with Gasteiger partial charge in [0.1, 0.15) is 0 Å². The van der Waals surface area contributed by atoms with E-state index in [1.165, 1.54) is 0 Å². The fourth-order valence-corrected chi connectivity index (χ4v) is 2.80. The minimum Gasteiger partial charge on any atom is -0.493 e. The van der Waals surface area contributed by atoms with E-state index in [1.54, 1.807) is 33.5 Å². The first kappa shape index (κ1) is 21.4. The highest BCUT2D eigenvalue weighted by atomic mass is 16.5. The number of carbonyl (C=O) groups excluding carboxylic acids is 1. The molecule has 1 N–H and O–H groups in total. The van der Waals surface area contributed by atoms with Gasteiger partial charge >= 0.3 is 0 Å². The maximum absolute atomic E-state index is 12.3. The van der Waals surface area contributed by atoms with Crippen molar-refractivity contribution in [2.75, 3.05) is 48.6 Å². The number of nitrogens with one attached hydrogen (secondary N) is 1. The van der Waals surface area contributed by atoms with Gasteiger partial charge in [-0.1, -0.05) is 18.2 Å². The van der Waals surface area contributed by atoms with E-state index >= 15 is 0 Å². The number of hydrogen-bond acceptors (Lipinski definition) is 6. The zero-order chi connectivity index (χ0) is 20.5. The molecule has 7 nitrogen and oxygen atoms in total. The number of benzene rings is 2. The fraction of sp³-hybridized carbons (Fsp3) is 0.381. The number of amides is 1. The summed E-state index contributed by atoms with van der Waals surface area (Å²) in [6.07, 6.45) is 0. The van der Waals surface area contributed by atoms with Crippen LogP contribution in [0.15, 0.2) is 42.5 Å². The Morgan fingerprint density at radius 1 is 0.929 bits per heavy atom. The van der Waals surface area contributed by atoms with Gasteiger partial charge in [-0.05, 0) is 43.9 Å². The molecule has 0 saturated heterocycles. The predicted molar refractivity (Wildman–Crippen MR) is 107 cm³/mol. The van der Waals surface area contributed by atoms with Crippen LogP contribution in [0.4, 0.5) is 0 Å². The highest BCUT2D eigenvalue weighted by Gasteiger charge is 2.18. The summed E-state index contributed by atoms with van der Waals surface area (Å²) in [5.74, 6) is 2.23. The van der Waals surface area contributed by atoms with Crippen molar-refractivity contribution >= 4 is 5.91 Å². The van der Waals surface area contributed by atoms with E-state index in [2.05, 4.69) is 5.32 Å². The van der Waals surface area contributed by atoms with Crippen LogP contribution in [0.2, 0.25) is 0 Å². The topological polar surface area (TPSA) is 69.3 Å². The number of methoxy groups -OCH3 is 3. The number of para-hydroxylation sites is 2. The Kier molecular flexibility index (Phi) is 7.95. The second kappa shape index (κ2) is 10.4. The van der Waals surface area contributed by atoms with Crippen LogP contribution < -0.4 is 24.3 Å². The lowest BCUT2D eigenvalue weighted by atomic mass is 10.1. The van der Waals surface area contributed by atoms with E-state index in [9.17, 15) is 4.79 Å². The van der Waals surface area contributed by atoms with Crippen molar-refractivity contribution in [3.8, 4) is 23.0 Å². The van der Waals surface area contributed by atoms with Gasteiger partial charge in [-0.25, -0.2) is 0 Å². The number of ether oxygens (including phenoxy) is 4. The molecule has 1 atom stereocenters. The van der Waals surface area contributed by atoms with Gasteiger partial charge in [0.15, 0.2) is 29.6 Å². The molecule has 0 bridgehead atoms. The maximum atomic E-state index is 12.3. The normalized spacial score (nSPS) is 11.6. The summed E-state index contributed by atoms with van der Waals surface area (Å²) in [7, 11) is 8.68. The molecule has 0 radical (unpaired) electrons. The zero-order valence-electron chi connectivity index (χ0n) is 17.0. The Balaban J connectivity index is 1.98. The van der Waals surface area contributed by atoms with Crippen LogP contribution in [-0.4, -0.2) is 59.4 Å². The first-order valence-corrected chi connectivity index (χ1v) is 8.91. The van der Waals surface area contributed by atoms with Gasteiger partial charge in [0.05, 0.1) is 27.4 Å². The summed E-state index contributed by atoms with van der Waals surface area (Å²) in [6, 6.07) is 12.9. The number of carbonyl (C=O) groups is 1. The van der Waals surface area contributed by atoms with Crippen molar-refractivity contribution in [3.63, 3.8) is 0 Å². The van der Waals surface area contributed by atoms with Gasteiger partial charge in [0.25, 0.3) is 5.91 Å². The molecule has 0 spiro atoms. The largest absolute Gasteiger partial charge is 0.493 e. The van der Waals surface area contributed by atoms with Gasteiger partial charge in [-0.15, -0.1) is 0 Å². The van der Waals surface area contributed by atoms with Gasteiger partial charge < -0.3 is 29.2 Å². The fourth-order valence-electron chi connectivity index (χ4n) is 2.80. The number of hydrogen-bond donors (Lipinski definition) is 1. The summed E-state index contributed by atoms with van der Waals surface area (Å²) in [6.45, 7) is 0.336. The van der Waals surface area contributed by atoms with E-state index in [0.717, 1.165) is 5.56 Å². The molecule has 2 aromatic rings. The Hall–Kier alpha value is -2.93. The van der Waals surface area contributed by atoms with Crippen molar-refractivity contribution in [1.82, 2.24) is 10.2 Å². The molecule has 0 aliphatic carbocycles. The Morgan fingerprint density at radius 2 is 1.54 bits per heavy atom. The summed E-state index contributed by atoms with van der Waals surface area (Å²) in [5, 5.41) is 2.92. The molecule has 152 valence electrons. The molecular weight excluding hydrogens is 360 g/mol. The molecule has 1 amide bonds. The Morgan fingerprint density at radius 3 is 2.14 bits per heavy atom. The smallest absolute Gasteiger partial charge is 0.258 e. The van der Waals surface area contributed by atoms with Crippen LogP contribution in [0.1, 0.15) is 11.6 Å². The lowest BCUT2D eigenvalue weighted by Gasteiger charge is -2.26. The number of nitrogens with zero attached hydrogens (tertiary/aromatic N) is 1. The minimum absolute atomic E-state index is 0.0324. The number of likely N-dealkylation sites (N-methyl/N-ethyl adjacent to an activating group) is 1. The van der Waals surface area contributed by atoms with Gasteiger partial charge in [-0.3, -0.25) is 4.79 Å². The molecule has 0 saturated carbocycles. The summed E-state index contributed by atoms with van der Waals surface area (Å²) in [4.78, 5) is 14.3. The lowest BCUT2D eigenvalue weighted by Crippen LogP contribution is -2.36. The van der Waals surface area contributed by atoms with Gasteiger partial charge in [0, 0.05) is 6.54 Å². The average Bonchev–Trinajstić information content (AvgIpc) is 2.72. The molecule has 0 fully saturated rings. The predicted octanol–water partition coefficient (Wildman–Crippen LogP) is 2.51. The van der Waals surface area contributed by atoms with Crippen LogP contribution >= 0.6 is 0 Å². The van der Waals surface area contributed by atoms with E-state index in [1.807, 2.05) is 49.3 Å². The molecule has 0 aromatic heterocycles. The van der Waals surface area contributed by atoms with E-state index in [0.29, 0.717) is 29.5 Å². The Labute approximate surface area is 166 Å². The second-order valence-corrected chi connectivity index (χ2v) is 6.34. The van der Waals surface area contributed by atoms with Crippen molar-refractivity contribution in [2.45, 2.75) is 6.04 Å². The first-order chi connectivity index (χ1) is 13.5. The average molecular weight is 388 g/mol. The molecular formula is C21H28N2O5. The van der Waals surface area contributed by atoms with Gasteiger partial charge in [0.2, 0.25) is 0 Å². The minimum atomic E-state index is -0.210. The Bertz CT molecular complexity index is 779. The maximum Gasteiger partial charge on any atom is 0.258 e. The van der Waals surface area contributed by atoms with Crippen LogP contribution in [0.3, 0.4) is 0 Å². The molecule has 28 heavy (non-hydrogen) atoms. The molecule has 7 heteroatoms. The van der Waals surface area contributed by atoms with E-state index in [4.69, 9.17) is 18.9 Å². The third-order valence-corrected chi connectivity index (χ3v) is 4.34. The molecule has 0 aliphatic heterocycles. The lowest BCUT2D eigenvalue weighted by molar-refractivity contribution is -0.123. The van der Waals surface area contributed by atoms with Crippen molar-refractivity contribution in [1.29, 1.82) is 0 Å². The first-order valence-electron chi connectivity index (χ1n) is 8.91. The standard InChI is InChI=1S/C21H28N2O5/c1-23(2)16(15-10-11-18(26-4)20(12-15)27-5)13-22-21(24)14-28-19-9-7-6-8-17(19)25-3/h6-12,16H,13-14H2,1-5H3,(H,22,24)/t16-/m0/s1. The van der Waals surface area contributed by atoms with Crippen molar-refractivity contribution in [3.05, 3.63) is 48.0 Å². The highest BCUT2D eigenvalue weighted by Crippen LogP contribution is 2.31. The van der Waals surface area contributed by atoms with Crippen LogP contribution in [0.5, 0.6) is 23.0 Å².